The van der Waals surface area contributed by atoms with Gasteiger partial charge in [0, 0.05) is 24.0 Å². The van der Waals surface area contributed by atoms with Crippen molar-refractivity contribution in [2.24, 2.45) is 5.73 Å². The lowest BCUT2D eigenvalue weighted by Crippen LogP contribution is -2.34. The van der Waals surface area contributed by atoms with Crippen LogP contribution in [0.3, 0.4) is 0 Å². The van der Waals surface area contributed by atoms with Gasteiger partial charge in [-0.3, -0.25) is 0 Å². The summed E-state index contributed by atoms with van der Waals surface area (Å²) in [5, 5.41) is 3.38. The molecule has 0 radical (unpaired) electrons. The summed E-state index contributed by atoms with van der Waals surface area (Å²) in [6.45, 7) is 0. The Morgan fingerprint density at radius 2 is 2.11 bits per heavy atom. The van der Waals surface area contributed by atoms with Crippen LogP contribution < -0.4 is 11.1 Å². The number of nitrogens with one attached hydrogen (secondary N) is 1. The van der Waals surface area contributed by atoms with Crippen LogP contribution in [0, 0.1) is 0 Å². The van der Waals surface area contributed by atoms with Gasteiger partial charge in [0.2, 0.25) is 0 Å². The molecule has 0 aliphatic heterocycles. The number of anilines is 1. The van der Waals surface area contributed by atoms with Crippen LogP contribution in [0.2, 0.25) is 0 Å². The molecule has 0 spiro atoms. The lowest BCUT2D eigenvalue weighted by molar-refractivity contribution is 0.409. The summed E-state index contributed by atoms with van der Waals surface area (Å²) in [5.41, 5.74) is 6.80. The van der Waals surface area contributed by atoms with E-state index < -0.39 is 9.84 Å². The van der Waals surface area contributed by atoms with E-state index in [4.69, 9.17) is 5.73 Å². The molecule has 0 saturated heterocycles. The lowest BCUT2D eigenvalue weighted by atomic mass is 9.91. The fourth-order valence-corrected chi connectivity index (χ4v) is 3.08. The highest BCUT2D eigenvalue weighted by Crippen LogP contribution is 2.22. The first-order valence-corrected chi connectivity index (χ1v) is 8.16. The molecule has 1 aliphatic carbocycles. The fourth-order valence-electron chi connectivity index (χ4n) is 2.41. The van der Waals surface area contributed by atoms with Crippen LogP contribution >= 0.6 is 0 Å². The molecule has 1 fully saturated rings. The van der Waals surface area contributed by atoms with E-state index in [1.54, 1.807) is 18.2 Å². The largest absolute Gasteiger partial charge is 0.382 e. The van der Waals surface area contributed by atoms with Crippen molar-refractivity contribution in [1.82, 2.24) is 0 Å². The third-order valence-electron chi connectivity index (χ3n) is 3.35. The van der Waals surface area contributed by atoms with E-state index in [1.807, 2.05) is 6.07 Å². The molecule has 0 aromatic heterocycles. The van der Waals surface area contributed by atoms with E-state index in [0.717, 1.165) is 31.4 Å². The molecule has 18 heavy (non-hydrogen) atoms. The Hall–Kier alpha value is -1.07. The quantitative estimate of drug-likeness (QED) is 0.876. The van der Waals surface area contributed by atoms with Gasteiger partial charge in [-0.05, 0) is 43.9 Å². The average molecular weight is 268 g/mol. The molecule has 4 nitrogen and oxygen atoms in total. The number of nitrogens with two attached hydrogens (primary N) is 1. The molecule has 0 amide bonds. The summed E-state index contributed by atoms with van der Waals surface area (Å²) < 4.78 is 23.0. The van der Waals surface area contributed by atoms with Crippen molar-refractivity contribution in [3.05, 3.63) is 24.3 Å². The van der Waals surface area contributed by atoms with Crippen molar-refractivity contribution in [1.29, 1.82) is 0 Å². The molecule has 3 N–H and O–H groups in total. The molecule has 5 heteroatoms. The van der Waals surface area contributed by atoms with E-state index >= 15 is 0 Å². The van der Waals surface area contributed by atoms with E-state index in [9.17, 15) is 8.42 Å². The van der Waals surface area contributed by atoms with Gasteiger partial charge in [-0.25, -0.2) is 8.42 Å². The van der Waals surface area contributed by atoms with Crippen LogP contribution in [-0.2, 0) is 9.84 Å². The van der Waals surface area contributed by atoms with E-state index in [-0.39, 0.29) is 6.04 Å². The van der Waals surface area contributed by atoms with Gasteiger partial charge in [0.15, 0.2) is 9.84 Å². The zero-order chi connectivity index (χ0) is 13.2. The van der Waals surface area contributed by atoms with Crippen LogP contribution in [0.5, 0.6) is 0 Å². The molecule has 2 rings (SSSR count). The number of hydrogen-bond donors (Lipinski definition) is 2. The second-order valence-corrected chi connectivity index (χ2v) is 7.08. The lowest BCUT2D eigenvalue weighted by Gasteiger charge is -2.28. The van der Waals surface area contributed by atoms with Gasteiger partial charge in [0.1, 0.15) is 0 Å². The molecule has 1 aliphatic rings. The third kappa shape index (κ3) is 3.46. The first kappa shape index (κ1) is 13.4. The fraction of sp³-hybridized carbons (Fsp3) is 0.538. The highest BCUT2D eigenvalue weighted by atomic mass is 32.2. The Morgan fingerprint density at radius 3 is 2.78 bits per heavy atom. The molecule has 2 atom stereocenters. The minimum atomic E-state index is -3.14. The maximum atomic E-state index is 11.5. The first-order chi connectivity index (χ1) is 8.45. The second kappa shape index (κ2) is 5.28. The molecule has 0 bridgehead atoms. The monoisotopic (exact) mass is 268 g/mol. The van der Waals surface area contributed by atoms with Crippen molar-refractivity contribution in [3.8, 4) is 0 Å². The van der Waals surface area contributed by atoms with Gasteiger partial charge < -0.3 is 11.1 Å². The summed E-state index contributed by atoms with van der Waals surface area (Å²) in [5.74, 6) is 0. The van der Waals surface area contributed by atoms with Gasteiger partial charge in [0.25, 0.3) is 0 Å². The minimum absolute atomic E-state index is 0.259. The Labute approximate surface area is 108 Å². The number of benzene rings is 1. The number of sulfone groups is 1. The molecule has 0 heterocycles. The zero-order valence-electron chi connectivity index (χ0n) is 10.6. The summed E-state index contributed by atoms with van der Waals surface area (Å²) in [6.07, 6.45) is 5.48. The minimum Gasteiger partial charge on any atom is -0.382 e. The van der Waals surface area contributed by atoms with Crippen molar-refractivity contribution < 1.29 is 8.42 Å². The second-order valence-electron chi connectivity index (χ2n) is 5.07. The molecule has 1 saturated carbocycles. The third-order valence-corrected chi connectivity index (χ3v) is 4.46. The van der Waals surface area contributed by atoms with Crippen molar-refractivity contribution in [2.45, 2.75) is 42.7 Å². The Morgan fingerprint density at radius 1 is 1.33 bits per heavy atom. The molecule has 100 valence electrons. The molecule has 1 aromatic rings. The van der Waals surface area contributed by atoms with Crippen LogP contribution in [0.25, 0.3) is 0 Å². The standard InChI is InChI=1S/C13H20N2O2S/c1-18(16,17)13-7-3-6-12(9-13)15-11-5-2-4-10(14)8-11/h3,6-7,9-11,15H,2,4-5,8,14H2,1H3. The normalized spacial score (nSPS) is 24.8. The van der Waals surface area contributed by atoms with E-state index in [0.29, 0.717) is 10.9 Å². The summed E-state index contributed by atoms with van der Waals surface area (Å²) >= 11 is 0. The van der Waals surface area contributed by atoms with Gasteiger partial charge >= 0.3 is 0 Å². The Kier molecular flexibility index (Phi) is 3.92. The van der Waals surface area contributed by atoms with E-state index in [1.165, 1.54) is 6.26 Å². The van der Waals surface area contributed by atoms with Crippen LogP contribution in [0.4, 0.5) is 5.69 Å². The predicted octanol–water partition coefficient (Wildman–Crippen LogP) is 1.77. The maximum Gasteiger partial charge on any atom is 0.175 e. The number of rotatable bonds is 3. The smallest absolute Gasteiger partial charge is 0.175 e. The number of hydrogen-bond acceptors (Lipinski definition) is 4. The van der Waals surface area contributed by atoms with E-state index in [2.05, 4.69) is 5.32 Å². The Bertz CT molecular complexity index is 513. The molecule has 2 unspecified atom stereocenters. The maximum absolute atomic E-state index is 11.5. The van der Waals surface area contributed by atoms with Crippen molar-refractivity contribution in [3.63, 3.8) is 0 Å². The van der Waals surface area contributed by atoms with Crippen LogP contribution in [-0.4, -0.2) is 26.8 Å². The molecule has 1 aromatic carbocycles. The summed E-state index contributed by atoms with van der Waals surface area (Å²) in [7, 11) is -3.14. The zero-order valence-corrected chi connectivity index (χ0v) is 11.4. The van der Waals surface area contributed by atoms with Crippen LogP contribution in [0.1, 0.15) is 25.7 Å². The van der Waals surface area contributed by atoms with Gasteiger partial charge in [-0.15, -0.1) is 0 Å². The first-order valence-electron chi connectivity index (χ1n) is 6.27. The van der Waals surface area contributed by atoms with Crippen LogP contribution in [0.15, 0.2) is 29.2 Å². The van der Waals surface area contributed by atoms with Gasteiger partial charge in [-0.2, -0.15) is 0 Å². The summed E-state index contributed by atoms with van der Waals surface area (Å²) in [6, 6.07) is 7.58. The highest BCUT2D eigenvalue weighted by Gasteiger charge is 2.19. The highest BCUT2D eigenvalue weighted by molar-refractivity contribution is 7.90. The summed E-state index contributed by atoms with van der Waals surface area (Å²) in [4.78, 5) is 0.354. The van der Waals surface area contributed by atoms with Crippen molar-refractivity contribution >= 4 is 15.5 Å². The van der Waals surface area contributed by atoms with Gasteiger partial charge in [-0.1, -0.05) is 6.07 Å². The van der Waals surface area contributed by atoms with Crippen molar-refractivity contribution in [2.75, 3.05) is 11.6 Å². The molecular weight excluding hydrogens is 248 g/mol. The predicted molar refractivity (Wildman–Crippen MR) is 73.4 cm³/mol. The molecular formula is C13H20N2O2S. The SMILES string of the molecule is CS(=O)(=O)c1cccc(NC2CCCC(N)C2)c1. The average Bonchev–Trinajstić information content (AvgIpc) is 2.28. The van der Waals surface area contributed by atoms with Gasteiger partial charge in [0.05, 0.1) is 4.90 Å². The topological polar surface area (TPSA) is 72.2 Å². The Balaban J connectivity index is 2.10.